The highest BCUT2D eigenvalue weighted by Gasteiger charge is 2.45. The molecule has 0 bridgehead atoms. The van der Waals surface area contributed by atoms with Crippen LogP contribution in [0.1, 0.15) is 33.9 Å². The predicted octanol–water partition coefficient (Wildman–Crippen LogP) is 2.62. The van der Waals surface area contributed by atoms with Gasteiger partial charge in [0.2, 0.25) is 0 Å². The third-order valence-electron chi connectivity index (χ3n) is 6.01. The minimum absolute atomic E-state index is 0.0117. The Hall–Kier alpha value is -3.85. The van der Waals surface area contributed by atoms with Crippen molar-refractivity contribution in [3.63, 3.8) is 0 Å². The molecule has 0 aromatic heterocycles. The van der Waals surface area contributed by atoms with Crippen molar-refractivity contribution in [1.82, 2.24) is 9.80 Å². The summed E-state index contributed by atoms with van der Waals surface area (Å²) in [5, 5.41) is 11.3. The van der Waals surface area contributed by atoms with E-state index in [9.17, 15) is 19.5 Å². The molecule has 1 amide bonds. The lowest BCUT2D eigenvalue weighted by molar-refractivity contribution is -0.139. The normalized spacial score (nSPS) is 18.7. The van der Waals surface area contributed by atoms with Gasteiger partial charge in [0.15, 0.2) is 11.5 Å². The number of amides is 1. The summed E-state index contributed by atoms with van der Waals surface area (Å²) >= 11 is 0. The number of carbonyl (C=O) groups is 3. The zero-order valence-electron chi connectivity index (χ0n) is 19.9. The number of fused-ring (bicyclic) bond motifs is 1. The van der Waals surface area contributed by atoms with Crippen molar-refractivity contribution in [3.05, 3.63) is 64.7 Å². The number of aliphatic hydroxyl groups is 1. The molecule has 184 valence electrons. The van der Waals surface area contributed by atoms with Gasteiger partial charge in [-0.25, -0.2) is 4.79 Å². The largest absolute Gasteiger partial charge is 0.507 e. The first-order valence-corrected chi connectivity index (χ1v) is 11.3. The van der Waals surface area contributed by atoms with E-state index < -0.39 is 23.7 Å². The van der Waals surface area contributed by atoms with Gasteiger partial charge in [-0.05, 0) is 63.0 Å². The Kier molecular flexibility index (Phi) is 7.07. The van der Waals surface area contributed by atoms with E-state index in [1.165, 1.54) is 12.0 Å². The van der Waals surface area contributed by atoms with Gasteiger partial charge in [-0.15, -0.1) is 0 Å². The summed E-state index contributed by atoms with van der Waals surface area (Å²) in [7, 11) is 5.15. The minimum Gasteiger partial charge on any atom is -0.507 e. The number of hydrogen-bond donors (Lipinski definition) is 1. The Morgan fingerprint density at radius 1 is 1.06 bits per heavy atom. The first-order valence-electron chi connectivity index (χ1n) is 11.3. The summed E-state index contributed by atoms with van der Waals surface area (Å²) in [6.07, 6.45) is 0.640. The van der Waals surface area contributed by atoms with Crippen LogP contribution in [-0.2, 0) is 14.3 Å². The number of esters is 1. The Balaban J connectivity index is 1.77. The van der Waals surface area contributed by atoms with Gasteiger partial charge in [0.25, 0.3) is 11.7 Å². The van der Waals surface area contributed by atoms with E-state index in [0.717, 1.165) is 6.54 Å². The van der Waals surface area contributed by atoms with Gasteiger partial charge in [0.1, 0.15) is 19.0 Å². The van der Waals surface area contributed by atoms with Gasteiger partial charge in [-0.3, -0.25) is 9.59 Å². The first kappa shape index (κ1) is 24.3. The lowest BCUT2D eigenvalue weighted by Gasteiger charge is -2.26. The molecular weight excluding hydrogens is 452 g/mol. The van der Waals surface area contributed by atoms with Gasteiger partial charge in [-0.2, -0.15) is 0 Å². The average Bonchev–Trinajstić information content (AvgIpc) is 3.12. The van der Waals surface area contributed by atoms with E-state index in [2.05, 4.69) is 0 Å². The third kappa shape index (κ3) is 4.85. The Morgan fingerprint density at radius 2 is 1.71 bits per heavy atom. The molecule has 0 radical (unpaired) electrons. The number of Topliss-reactive ketones (excluding diaryl/α,β-unsaturated/α-hetero) is 1. The number of rotatable bonds is 7. The Bertz CT molecular complexity index is 1170. The molecule has 2 heterocycles. The molecular formula is C26H28N2O7. The quantitative estimate of drug-likeness (QED) is 0.279. The highest BCUT2D eigenvalue weighted by atomic mass is 16.6. The van der Waals surface area contributed by atoms with Crippen molar-refractivity contribution in [2.45, 2.75) is 12.5 Å². The van der Waals surface area contributed by atoms with Crippen molar-refractivity contribution in [2.24, 2.45) is 0 Å². The molecule has 2 aromatic carbocycles. The first-order chi connectivity index (χ1) is 16.8. The summed E-state index contributed by atoms with van der Waals surface area (Å²) in [5.74, 6) is -1.22. The van der Waals surface area contributed by atoms with Gasteiger partial charge >= 0.3 is 5.97 Å². The van der Waals surface area contributed by atoms with E-state index in [1.54, 1.807) is 42.5 Å². The minimum atomic E-state index is -0.808. The number of nitrogens with zero attached hydrogens (tertiary/aromatic N) is 2. The number of ketones is 1. The topological polar surface area (TPSA) is 106 Å². The van der Waals surface area contributed by atoms with E-state index >= 15 is 0 Å². The van der Waals surface area contributed by atoms with Crippen LogP contribution < -0.4 is 9.47 Å². The fourth-order valence-corrected chi connectivity index (χ4v) is 4.28. The van der Waals surface area contributed by atoms with Crippen molar-refractivity contribution < 1.29 is 33.7 Å². The van der Waals surface area contributed by atoms with Crippen LogP contribution in [0.4, 0.5) is 0 Å². The van der Waals surface area contributed by atoms with Crippen LogP contribution in [0.25, 0.3) is 5.76 Å². The number of hydrogen-bond acceptors (Lipinski definition) is 8. The summed E-state index contributed by atoms with van der Waals surface area (Å²) in [6.45, 7) is 1.85. The molecule has 1 atom stereocenters. The third-order valence-corrected chi connectivity index (χ3v) is 6.01. The van der Waals surface area contributed by atoms with E-state index in [4.69, 9.17) is 14.2 Å². The maximum Gasteiger partial charge on any atom is 0.337 e. The van der Waals surface area contributed by atoms with E-state index in [0.29, 0.717) is 54.4 Å². The van der Waals surface area contributed by atoms with Crippen LogP contribution in [0, 0.1) is 0 Å². The summed E-state index contributed by atoms with van der Waals surface area (Å²) in [6, 6.07) is 10.6. The SMILES string of the molecule is COC(=O)c1ccc([C@@H]2C(=C(O)c3ccc4c(c3)OCCO4)C(=O)C(=O)N2CCCN(C)C)cc1. The fraction of sp³-hybridized carbons (Fsp3) is 0.346. The maximum absolute atomic E-state index is 13.2. The molecule has 1 N–H and O–H groups in total. The molecule has 9 nitrogen and oxygen atoms in total. The van der Waals surface area contributed by atoms with Crippen LogP contribution in [0.2, 0.25) is 0 Å². The maximum atomic E-state index is 13.2. The number of carbonyl (C=O) groups excluding carboxylic acids is 3. The van der Waals surface area contributed by atoms with Crippen molar-refractivity contribution in [3.8, 4) is 11.5 Å². The second-order valence-corrected chi connectivity index (χ2v) is 8.62. The summed E-state index contributed by atoms with van der Waals surface area (Å²) in [4.78, 5) is 41.6. The number of ether oxygens (including phenoxy) is 3. The van der Waals surface area contributed by atoms with Crippen LogP contribution in [-0.4, -0.2) is 80.1 Å². The molecule has 2 aliphatic rings. The molecule has 4 rings (SSSR count). The second-order valence-electron chi connectivity index (χ2n) is 8.62. The van der Waals surface area contributed by atoms with Gasteiger partial charge in [0.05, 0.1) is 24.3 Å². The molecule has 2 aliphatic heterocycles. The predicted molar refractivity (Wildman–Crippen MR) is 127 cm³/mol. The summed E-state index contributed by atoms with van der Waals surface area (Å²) < 4.78 is 15.9. The second kappa shape index (κ2) is 10.2. The zero-order valence-corrected chi connectivity index (χ0v) is 19.9. The monoisotopic (exact) mass is 480 g/mol. The number of benzene rings is 2. The van der Waals surface area contributed by atoms with Crippen molar-refractivity contribution in [1.29, 1.82) is 0 Å². The van der Waals surface area contributed by atoms with E-state index in [-0.39, 0.29) is 11.3 Å². The molecule has 1 fully saturated rings. The molecule has 35 heavy (non-hydrogen) atoms. The Labute approximate surface area is 203 Å². The number of aliphatic hydroxyl groups excluding tert-OH is 1. The van der Waals surface area contributed by atoms with Crippen molar-refractivity contribution in [2.75, 3.05) is 47.5 Å². The lowest BCUT2D eigenvalue weighted by Crippen LogP contribution is -2.32. The molecule has 1 saturated heterocycles. The standard InChI is InChI=1S/C26H28N2O7/c1-27(2)11-4-12-28-22(16-5-7-17(8-6-16)26(32)33-3)21(24(30)25(28)31)23(29)18-9-10-19-20(15-18)35-14-13-34-19/h5-10,15,22,29H,4,11-14H2,1-3H3/t22-/m1/s1. The number of methoxy groups -OCH3 is 1. The molecule has 2 aromatic rings. The Morgan fingerprint density at radius 3 is 2.37 bits per heavy atom. The van der Waals surface area contributed by atoms with E-state index in [1.807, 2.05) is 19.0 Å². The average molecular weight is 481 g/mol. The van der Waals surface area contributed by atoms with Gasteiger partial charge in [-0.1, -0.05) is 12.1 Å². The smallest absolute Gasteiger partial charge is 0.337 e. The fourth-order valence-electron chi connectivity index (χ4n) is 4.28. The van der Waals surface area contributed by atoms with Crippen molar-refractivity contribution >= 4 is 23.4 Å². The summed E-state index contributed by atoms with van der Waals surface area (Å²) in [5.41, 5.74) is 1.27. The van der Waals surface area contributed by atoms with Gasteiger partial charge in [0, 0.05) is 12.1 Å². The molecule has 0 aliphatic carbocycles. The molecule has 0 unspecified atom stereocenters. The van der Waals surface area contributed by atoms with Crippen LogP contribution in [0.15, 0.2) is 48.0 Å². The highest BCUT2D eigenvalue weighted by molar-refractivity contribution is 6.46. The number of likely N-dealkylation sites (tertiary alicyclic amines) is 1. The van der Waals surface area contributed by atoms with Crippen LogP contribution in [0.3, 0.4) is 0 Å². The zero-order chi connectivity index (χ0) is 25.1. The molecule has 9 heteroatoms. The molecule has 0 spiro atoms. The van der Waals surface area contributed by atoms with Crippen LogP contribution >= 0.6 is 0 Å². The highest BCUT2D eigenvalue weighted by Crippen LogP contribution is 2.41. The van der Waals surface area contributed by atoms with Gasteiger partial charge < -0.3 is 29.1 Å². The molecule has 0 saturated carbocycles. The van der Waals surface area contributed by atoms with Crippen LogP contribution in [0.5, 0.6) is 11.5 Å². The lowest BCUT2D eigenvalue weighted by atomic mass is 9.94.